The number of esters is 1. The van der Waals surface area contributed by atoms with Crippen LogP contribution in [0.3, 0.4) is 0 Å². The molecule has 0 aliphatic rings. The molecule has 0 saturated heterocycles. The van der Waals surface area contributed by atoms with Crippen LogP contribution < -0.4 is 0 Å². The summed E-state index contributed by atoms with van der Waals surface area (Å²) in [7, 11) is 0. The minimum Gasteiger partial charge on any atom is -0.458 e. The van der Waals surface area contributed by atoms with Crippen LogP contribution in [-0.4, -0.2) is 11.0 Å². The number of pyridine rings is 1. The predicted molar refractivity (Wildman–Crippen MR) is 131 cm³/mol. The Balaban J connectivity index is 2.04. The van der Waals surface area contributed by atoms with Gasteiger partial charge in [0.2, 0.25) is 0 Å². The van der Waals surface area contributed by atoms with Gasteiger partial charge in [-0.2, -0.15) is 0 Å². The summed E-state index contributed by atoms with van der Waals surface area (Å²) in [6.07, 6.45) is 37.0. The van der Waals surface area contributed by atoms with Gasteiger partial charge in [-0.25, -0.2) is 4.79 Å². The van der Waals surface area contributed by atoms with Gasteiger partial charge in [-0.3, -0.25) is 4.98 Å². The van der Waals surface area contributed by atoms with Gasteiger partial charge in [0.05, 0.1) is 0 Å². The number of carbonyl (C=O) groups excluding carboxylic acids is 1. The lowest BCUT2D eigenvalue weighted by Gasteiger charge is -2.00. The highest BCUT2D eigenvalue weighted by molar-refractivity contribution is 5.82. The van der Waals surface area contributed by atoms with Gasteiger partial charge in [-0.1, -0.05) is 118 Å². The molecule has 0 unspecified atom stereocenters. The highest BCUT2D eigenvalue weighted by atomic mass is 16.5. The van der Waals surface area contributed by atoms with Crippen molar-refractivity contribution >= 4 is 5.97 Å². The molecule has 0 aliphatic carbocycles. The van der Waals surface area contributed by atoms with Gasteiger partial charge in [0, 0.05) is 24.0 Å². The molecule has 1 aromatic heterocycles. The first-order chi connectivity index (χ1) is 15.3. The largest absolute Gasteiger partial charge is 0.458 e. The van der Waals surface area contributed by atoms with Crippen LogP contribution in [0.5, 0.6) is 0 Å². The summed E-state index contributed by atoms with van der Waals surface area (Å²) in [5, 5.41) is 0. The molecule has 3 heteroatoms. The molecule has 0 saturated carbocycles. The van der Waals surface area contributed by atoms with Crippen molar-refractivity contribution in [3.63, 3.8) is 0 Å². The maximum atomic E-state index is 11.6. The first-order valence-corrected chi connectivity index (χ1v) is 11.4. The zero-order valence-corrected chi connectivity index (χ0v) is 18.9. The summed E-state index contributed by atoms with van der Waals surface area (Å²) in [4.78, 5) is 15.6. The fraction of sp³-hybridized carbons (Fsp3) is 0.357. The number of aromatic nitrogens is 1. The third-order valence-electron chi connectivity index (χ3n) is 4.45. The molecule has 0 spiro atoms. The van der Waals surface area contributed by atoms with E-state index < -0.39 is 0 Å². The Hall–Kier alpha value is -2.94. The third-order valence-corrected chi connectivity index (χ3v) is 4.45. The quantitative estimate of drug-likeness (QED) is 0.120. The lowest BCUT2D eigenvalue weighted by atomic mass is 10.1. The van der Waals surface area contributed by atoms with Gasteiger partial charge < -0.3 is 4.74 Å². The van der Waals surface area contributed by atoms with E-state index in [2.05, 4.69) is 30.1 Å². The maximum absolute atomic E-state index is 11.6. The average molecular weight is 420 g/mol. The molecule has 1 heterocycles. The Morgan fingerprint density at radius 1 is 0.839 bits per heavy atom. The molecule has 0 aliphatic heterocycles. The Labute approximate surface area is 188 Å². The van der Waals surface area contributed by atoms with E-state index in [1.807, 2.05) is 48.6 Å². The maximum Gasteiger partial charge on any atom is 0.331 e. The van der Waals surface area contributed by atoms with E-state index in [9.17, 15) is 4.79 Å². The first kappa shape index (κ1) is 26.1. The van der Waals surface area contributed by atoms with Crippen molar-refractivity contribution in [3.05, 3.63) is 103 Å². The lowest BCUT2D eigenvalue weighted by Crippen LogP contribution is -2.00. The van der Waals surface area contributed by atoms with Crippen LogP contribution in [0.2, 0.25) is 0 Å². The summed E-state index contributed by atoms with van der Waals surface area (Å²) in [5.74, 6) is -0.373. The molecular formula is C28H37NO2. The van der Waals surface area contributed by atoms with E-state index in [0.29, 0.717) is 0 Å². The minimum absolute atomic E-state index is 0.229. The summed E-state index contributed by atoms with van der Waals surface area (Å²) in [6.45, 7) is 2.49. The van der Waals surface area contributed by atoms with Gasteiger partial charge in [0.25, 0.3) is 0 Å². The number of allylic oxidation sites excluding steroid dienone is 11. The second kappa shape index (κ2) is 20.3. The fourth-order valence-corrected chi connectivity index (χ4v) is 2.73. The Kier molecular flexibility index (Phi) is 17.1. The van der Waals surface area contributed by atoms with E-state index in [0.717, 1.165) is 12.0 Å². The van der Waals surface area contributed by atoms with Gasteiger partial charge >= 0.3 is 5.97 Å². The van der Waals surface area contributed by atoms with Crippen molar-refractivity contribution in [3.8, 4) is 0 Å². The lowest BCUT2D eigenvalue weighted by molar-refractivity contribution is -0.139. The van der Waals surface area contributed by atoms with Crippen LogP contribution in [0.1, 0.15) is 63.9 Å². The Bertz CT molecular complexity index is 740. The molecule has 1 rings (SSSR count). The SMILES string of the molecule is CCCCCCCCCC=CC=CC=CC=CC=CC=CC(=O)OCc1cccnc1. The van der Waals surface area contributed by atoms with Crippen molar-refractivity contribution in [1.82, 2.24) is 4.98 Å². The number of nitrogens with zero attached hydrogens (tertiary/aromatic N) is 1. The highest BCUT2D eigenvalue weighted by Crippen LogP contribution is 2.08. The van der Waals surface area contributed by atoms with E-state index in [1.54, 1.807) is 24.5 Å². The number of hydrogen-bond acceptors (Lipinski definition) is 3. The summed E-state index contributed by atoms with van der Waals surface area (Å²) >= 11 is 0. The molecular weight excluding hydrogens is 382 g/mol. The number of unbranched alkanes of at least 4 members (excludes halogenated alkanes) is 7. The molecule has 1 aromatic rings. The van der Waals surface area contributed by atoms with Crippen molar-refractivity contribution in [1.29, 1.82) is 0 Å². The predicted octanol–water partition coefficient (Wildman–Crippen LogP) is 7.60. The highest BCUT2D eigenvalue weighted by Gasteiger charge is 1.97. The zero-order valence-electron chi connectivity index (χ0n) is 18.9. The molecule has 0 aromatic carbocycles. The molecule has 0 atom stereocenters. The van der Waals surface area contributed by atoms with Gasteiger partial charge in [-0.05, 0) is 18.9 Å². The van der Waals surface area contributed by atoms with Crippen LogP contribution in [-0.2, 0) is 16.1 Å². The monoisotopic (exact) mass is 419 g/mol. The standard InChI is InChI=1S/C28H37NO2/c1-2-3-4-5-6-7-8-9-10-11-12-13-14-15-16-17-18-19-20-23-28(30)31-26-27-22-21-24-29-25-27/h10-25H,2-9,26H2,1H3. The van der Waals surface area contributed by atoms with Crippen LogP contribution in [0.25, 0.3) is 0 Å². The fourth-order valence-electron chi connectivity index (χ4n) is 2.73. The Morgan fingerprint density at radius 2 is 1.45 bits per heavy atom. The number of hydrogen-bond donors (Lipinski definition) is 0. The molecule has 0 amide bonds. The van der Waals surface area contributed by atoms with Gasteiger partial charge in [0.1, 0.15) is 6.61 Å². The summed E-state index contributed by atoms with van der Waals surface area (Å²) in [5.41, 5.74) is 0.868. The van der Waals surface area contributed by atoms with E-state index in [1.165, 1.54) is 51.0 Å². The minimum atomic E-state index is -0.373. The second-order valence-corrected chi connectivity index (χ2v) is 7.21. The van der Waals surface area contributed by atoms with Gasteiger partial charge in [0.15, 0.2) is 0 Å². The van der Waals surface area contributed by atoms with Gasteiger partial charge in [-0.15, -0.1) is 0 Å². The van der Waals surface area contributed by atoms with Crippen molar-refractivity contribution in [2.24, 2.45) is 0 Å². The number of carbonyl (C=O) groups is 1. The Morgan fingerprint density at radius 3 is 2.10 bits per heavy atom. The van der Waals surface area contributed by atoms with Crippen LogP contribution in [0.15, 0.2) is 97.4 Å². The molecule has 0 fully saturated rings. The molecule has 0 radical (unpaired) electrons. The van der Waals surface area contributed by atoms with Crippen LogP contribution in [0.4, 0.5) is 0 Å². The number of ether oxygens (including phenoxy) is 1. The molecule has 3 nitrogen and oxygen atoms in total. The summed E-state index contributed by atoms with van der Waals surface area (Å²) in [6, 6.07) is 3.68. The molecule has 31 heavy (non-hydrogen) atoms. The average Bonchev–Trinajstić information content (AvgIpc) is 2.80. The topological polar surface area (TPSA) is 39.2 Å². The van der Waals surface area contributed by atoms with Crippen molar-refractivity contribution < 1.29 is 9.53 Å². The number of rotatable bonds is 16. The van der Waals surface area contributed by atoms with E-state index in [-0.39, 0.29) is 12.6 Å². The van der Waals surface area contributed by atoms with Crippen molar-refractivity contribution in [2.45, 2.75) is 64.9 Å². The molecule has 0 bridgehead atoms. The molecule has 166 valence electrons. The smallest absolute Gasteiger partial charge is 0.331 e. The normalized spacial score (nSPS) is 12.5. The van der Waals surface area contributed by atoms with Crippen molar-refractivity contribution in [2.75, 3.05) is 0 Å². The summed E-state index contributed by atoms with van der Waals surface area (Å²) < 4.78 is 5.12. The zero-order chi connectivity index (χ0) is 22.2. The van der Waals surface area contributed by atoms with E-state index >= 15 is 0 Å². The van der Waals surface area contributed by atoms with Crippen LogP contribution in [0, 0.1) is 0 Å². The van der Waals surface area contributed by atoms with E-state index in [4.69, 9.17) is 4.74 Å². The van der Waals surface area contributed by atoms with Crippen LogP contribution >= 0.6 is 0 Å². The second-order valence-electron chi connectivity index (χ2n) is 7.21. The molecule has 0 N–H and O–H groups in total. The first-order valence-electron chi connectivity index (χ1n) is 11.4. The third kappa shape index (κ3) is 17.6.